The molecular weight excluding hydrogens is 352 g/mol. The van der Waals surface area contributed by atoms with Crippen LogP contribution in [0, 0.1) is 6.92 Å². The van der Waals surface area contributed by atoms with Gasteiger partial charge in [0.15, 0.2) is 0 Å². The summed E-state index contributed by atoms with van der Waals surface area (Å²) in [6.45, 7) is 0.808. The SMILES string of the molecule is Cc1oc([C@H](O)[C@H](O)[C@@H](O)CO)cc1C(=O)OCc1ccc(Cl)cc1. The van der Waals surface area contributed by atoms with Crippen LogP contribution in [0.3, 0.4) is 0 Å². The third kappa shape index (κ3) is 4.81. The smallest absolute Gasteiger partial charge is 0.342 e. The van der Waals surface area contributed by atoms with E-state index in [0.717, 1.165) is 5.56 Å². The van der Waals surface area contributed by atoms with Crippen molar-refractivity contribution in [2.24, 2.45) is 0 Å². The summed E-state index contributed by atoms with van der Waals surface area (Å²) in [5, 5.41) is 38.4. The van der Waals surface area contributed by atoms with Crippen molar-refractivity contribution in [2.45, 2.75) is 31.8 Å². The molecule has 0 saturated heterocycles. The van der Waals surface area contributed by atoms with Crippen LogP contribution < -0.4 is 0 Å². The van der Waals surface area contributed by atoms with Crippen LogP contribution in [0.25, 0.3) is 0 Å². The van der Waals surface area contributed by atoms with Gasteiger partial charge in [0.05, 0.1) is 6.61 Å². The highest BCUT2D eigenvalue weighted by molar-refractivity contribution is 6.30. The molecule has 3 atom stereocenters. The molecular formula is C17H19ClO7. The number of esters is 1. The molecule has 7 nitrogen and oxygen atoms in total. The van der Waals surface area contributed by atoms with Crippen LogP contribution in [0.5, 0.6) is 0 Å². The second-order valence-corrected chi connectivity index (χ2v) is 5.94. The Morgan fingerprint density at radius 3 is 2.48 bits per heavy atom. The van der Waals surface area contributed by atoms with Crippen LogP contribution in [0.1, 0.15) is 33.5 Å². The van der Waals surface area contributed by atoms with E-state index in [1.54, 1.807) is 24.3 Å². The fraction of sp³-hybridized carbons (Fsp3) is 0.353. The number of furan rings is 1. The Bertz CT molecular complexity index is 710. The summed E-state index contributed by atoms with van der Waals surface area (Å²) in [4.78, 5) is 12.2. The molecule has 0 fully saturated rings. The molecule has 1 aromatic heterocycles. The number of halogens is 1. The monoisotopic (exact) mass is 370 g/mol. The molecule has 136 valence electrons. The standard InChI is InChI=1S/C17H19ClO7/c1-9-12(6-14(25-9)16(22)15(21)13(20)7-19)17(23)24-8-10-2-4-11(18)5-3-10/h2-6,13,15-16,19-22H,7-8H2,1H3/t13-,15+,16-/m0/s1. The molecule has 0 aliphatic rings. The van der Waals surface area contributed by atoms with Crippen LogP contribution in [0.15, 0.2) is 34.7 Å². The van der Waals surface area contributed by atoms with E-state index < -0.39 is 30.9 Å². The molecule has 2 rings (SSSR count). The van der Waals surface area contributed by atoms with Crippen molar-refractivity contribution < 1.29 is 34.4 Å². The molecule has 0 aliphatic carbocycles. The van der Waals surface area contributed by atoms with Crippen molar-refractivity contribution in [1.82, 2.24) is 0 Å². The summed E-state index contributed by atoms with van der Waals surface area (Å²) in [5.74, 6) is -0.580. The summed E-state index contributed by atoms with van der Waals surface area (Å²) in [7, 11) is 0. The highest BCUT2D eigenvalue weighted by Gasteiger charge is 2.29. The molecule has 0 amide bonds. The van der Waals surface area contributed by atoms with Crippen molar-refractivity contribution in [3.05, 3.63) is 58.0 Å². The maximum Gasteiger partial charge on any atom is 0.342 e. The maximum atomic E-state index is 12.2. The molecule has 0 unspecified atom stereocenters. The Kier molecular flexibility index (Phi) is 6.57. The van der Waals surface area contributed by atoms with Crippen LogP contribution in [-0.4, -0.2) is 45.2 Å². The van der Waals surface area contributed by atoms with E-state index in [0.29, 0.717) is 5.02 Å². The zero-order chi connectivity index (χ0) is 18.6. The van der Waals surface area contributed by atoms with Crippen molar-refractivity contribution in [2.75, 3.05) is 6.61 Å². The fourth-order valence-corrected chi connectivity index (χ4v) is 2.27. The number of carbonyl (C=O) groups is 1. The Morgan fingerprint density at radius 1 is 1.24 bits per heavy atom. The molecule has 4 N–H and O–H groups in total. The number of aliphatic hydroxyl groups excluding tert-OH is 4. The fourth-order valence-electron chi connectivity index (χ4n) is 2.15. The third-order valence-corrected chi connectivity index (χ3v) is 3.89. The summed E-state index contributed by atoms with van der Waals surface area (Å²) < 4.78 is 10.4. The zero-order valence-electron chi connectivity index (χ0n) is 13.4. The first kappa shape index (κ1) is 19.4. The van der Waals surface area contributed by atoms with Crippen molar-refractivity contribution in [1.29, 1.82) is 0 Å². The van der Waals surface area contributed by atoms with E-state index in [9.17, 15) is 20.1 Å². The number of ether oxygens (including phenoxy) is 1. The van der Waals surface area contributed by atoms with Gasteiger partial charge < -0.3 is 29.6 Å². The minimum atomic E-state index is -1.66. The molecule has 1 heterocycles. The van der Waals surface area contributed by atoms with E-state index in [4.69, 9.17) is 25.9 Å². The van der Waals surface area contributed by atoms with Crippen LogP contribution >= 0.6 is 11.6 Å². The zero-order valence-corrected chi connectivity index (χ0v) is 14.2. The normalized spacial score (nSPS) is 14.8. The maximum absolute atomic E-state index is 12.2. The predicted molar refractivity (Wildman–Crippen MR) is 88.1 cm³/mol. The number of hydrogen-bond acceptors (Lipinski definition) is 7. The number of rotatable bonds is 7. The molecule has 0 radical (unpaired) electrons. The average molecular weight is 371 g/mol. The number of aliphatic hydroxyl groups is 4. The summed E-state index contributed by atoms with van der Waals surface area (Å²) >= 11 is 5.78. The van der Waals surface area contributed by atoms with Gasteiger partial charge in [-0.15, -0.1) is 0 Å². The Balaban J connectivity index is 2.05. The quantitative estimate of drug-likeness (QED) is 0.543. The van der Waals surface area contributed by atoms with Gasteiger partial charge >= 0.3 is 5.97 Å². The highest BCUT2D eigenvalue weighted by atomic mass is 35.5. The van der Waals surface area contributed by atoms with Crippen molar-refractivity contribution in [3.63, 3.8) is 0 Å². The van der Waals surface area contributed by atoms with Crippen LogP contribution in [0.2, 0.25) is 5.02 Å². The van der Waals surface area contributed by atoms with Gasteiger partial charge in [-0.05, 0) is 30.7 Å². The van der Waals surface area contributed by atoms with E-state index in [1.807, 2.05) is 0 Å². The second kappa shape index (κ2) is 8.46. The number of benzene rings is 1. The van der Waals surface area contributed by atoms with Crippen molar-refractivity contribution in [3.8, 4) is 0 Å². The molecule has 0 saturated carbocycles. The molecule has 0 bridgehead atoms. The lowest BCUT2D eigenvalue weighted by Gasteiger charge is -2.19. The van der Waals surface area contributed by atoms with Gasteiger partial charge in [-0.3, -0.25) is 0 Å². The number of hydrogen-bond donors (Lipinski definition) is 4. The summed E-state index contributed by atoms with van der Waals surface area (Å²) in [6.07, 6.45) is -4.80. The van der Waals surface area contributed by atoms with Gasteiger partial charge in [0, 0.05) is 5.02 Å². The second-order valence-electron chi connectivity index (χ2n) is 5.51. The number of aryl methyl sites for hydroxylation is 1. The lowest BCUT2D eigenvalue weighted by Crippen LogP contribution is -2.34. The lowest BCUT2D eigenvalue weighted by atomic mass is 10.1. The van der Waals surface area contributed by atoms with E-state index in [1.165, 1.54) is 13.0 Å². The first-order valence-electron chi connectivity index (χ1n) is 7.50. The first-order valence-corrected chi connectivity index (χ1v) is 7.88. The average Bonchev–Trinajstić information content (AvgIpc) is 3.00. The van der Waals surface area contributed by atoms with Gasteiger partial charge in [0.25, 0.3) is 0 Å². The molecule has 25 heavy (non-hydrogen) atoms. The predicted octanol–water partition coefficient (Wildman–Crippen LogP) is 1.35. The number of carbonyl (C=O) groups excluding carboxylic acids is 1. The lowest BCUT2D eigenvalue weighted by molar-refractivity contribution is -0.0837. The molecule has 2 aromatic rings. The van der Waals surface area contributed by atoms with Crippen LogP contribution in [0.4, 0.5) is 0 Å². The Hall–Kier alpha value is -1.90. The van der Waals surface area contributed by atoms with Gasteiger partial charge in [-0.25, -0.2) is 4.79 Å². The van der Waals surface area contributed by atoms with Gasteiger partial charge in [-0.1, -0.05) is 23.7 Å². The first-order chi connectivity index (χ1) is 11.8. The van der Waals surface area contributed by atoms with Crippen LogP contribution in [-0.2, 0) is 11.3 Å². The molecule has 1 aromatic carbocycles. The minimum Gasteiger partial charge on any atom is -0.463 e. The largest absolute Gasteiger partial charge is 0.463 e. The van der Waals surface area contributed by atoms with Gasteiger partial charge in [0.2, 0.25) is 0 Å². The van der Waals surface area contributed by atoms with Crippen molar-refractivity contribution >= 4 is 17.6 Å². The highest BCUT2D eigenvalue weighted by Crippen LogP contribution is 2.25. The van der Waals surface area contributed by atoms with E-state index >= 15 is 0 Å². The molecule has 0 aliphatic heterocycles. The minimum absolute atomic E-state index is 0.0321. The van der Waals surface area contributed by atoms with E-state index in [2.05, 4.69) is 0 Å². The third-order valence-electron chi connectivity index (χ3n) is 3.64. The Labute approximate surface area is 149 Å². The van der Waals surface area contributed by atoms with E-state index in [-0.39, 0.29) is 23.7 Å². The van der Waals surface area contributed by atoms with Gasteiger partial charge in [-0.2, -0.15) is 0 Å². The van der Waals surface area contributed by atoms with Gasteiger partial charge in [0.1, 0.15) is 42.0 Å². The molecule has 0 spiro atoms. The molecule has 8 heteroatoms. The summed E-state index contributed by atoms with van der Waals surface area (Å²) in [6, 6.07) is 8.03. The topological polar surface area (TPSA) is 120 Å². The summed E-state index contributed by atoms with van der Waals surface area (Å²) in [5.41, 5.74) is 0.842. The Morgan fingerprint density at radius 2 is 1.88 bits per heavy atom.